The largest absolute Gasteiger partial charge is 0.434 e. The summed E-state index contributed by atoms with van der Waals surface area (Å²) in [4.78, 5) is 12.0. The number of carbonyl (C=O) groups is 1. The van der Waals surface area contributed by atoms with Crippen LogP contribution in [0.3, 0.4) is 0 Å². The van der Waals surface area contributed by atoms with Crippen molar-refractivity contribution in [2.45, 2.75) is 6.61 Å². The summed E-state index contributed by atoms with van der Waals surface area (Å²) in [6.07, 6.45) is 2.41. The Morgan fingerprint density at radius 1 is 1.05 bits per heavy atom. The molecule has 0 heterocycles. The van der Waals surface area contributed by atoms with Gasteiger partial charge < -0.3 is 4.74 Å². The highest BCUT2D eigenvalue weighted by Gasteiger charge is 2.13. The Labute approximate surface area is 119 Å². The molecule has 0 unspecified atom stereocenters. The van der Waals surface area contributed by atoms with Crippen molar-refractivity contribution in [2.24, 2.45) is 0 Å². The predicted molar refractivity (Wildman–Crippen MR) is 72.8 cm³/mol. The Morgan fingerprint density at radius 2 is 1.71 bits per heavy atom. The number of hydrogen-bond donors (Lipinski definition) is 0. The quantitative estimate of drug-likeness (QED) is 0.606. The van der Waals surface area contributed by atoms with E-state index in [1.165, 1.54) is 48.5 Å². The molecule has 0 amide bonds. The van der Waals surface area contributed by atoms with Crippen LogP contribution in [0.15, 0.2) is 54.6 Å². The minimum Gasteiger partial charge on any atom is -0.434 e. The number of para-hydroxylation sites is 1. The van der Waals surface area contributed by atoms with Crippen LogP contribution < -0.4 is 4.74 Å². The van der Waals surface area contributed by atoms with Gasteiger partial charge in [0.2, 0.25) is 0 Å². The average molecular weight is 292 g/mol. The summed E-state index contributed by atoms with van der Waals surface area (Å²) in [6.45, 7) is -3.02. The Bertz CT molecular complexity index is 666. The molecule has 0 aliphatic heterocycles. The van der Waals surface area contributed by atoms with Gasteiger partial charge in [0.05, 0.1) is 5.56 Å². The molecule has 2 rings (SSSR count). The van der Waals surface area contributed by atoms with Gasteiger partial charge >= 0.3 is 6.61 Å². The lowest BCUT2D eigenvalue weighted by atomic mass is 10.1. The first-order valence-electron chi connectivity index (χ1n) is 6.08. The molecule has 0 aliphatic carbocycles. The summed E-state index contributed by atoms with van der Waals surface area (Å²) in [5.41, 5.74) is 0.225. The lowest BCUT2D eigenvalue weighted by Gasteiger charge is -2.07. The molecule has 108 valence electrons. The first-order valence-corrected chi connectivity index (χ1v) is 6.08. The molecule has 0 radical (unpaired) electrons. The van der Waals surface area contributed by atoms with Gasteiger partial charge in [-0.25, -0.2) is 4.39 Å². The van der Waals surface area contributed by atoms with E-state index in [1.54, 1.807) is 6.07 Å². The van der Waals surface area contributed by atoms with Crippen molar-refractivity contribution in [1.82, 2.24) is 0 Å². The summed E-state index contributed by atoms with van der Waals surface area (Å²) in [6, 6.07) is 11.6. The van der Waals surface area contributed by atoms with Crippen molar-refractivity contribution in [3.8, 4) is 5.75 Å². The minimum absolute atomic E-state index is 0.00890. The van der Waals surface area contributed by atoms with Crippen molar-refractivity contribution < 1.29 is 22.7 Å². The van der Waals surface area contributed by atoms with Crippen LogP contribution in [0.2, 0.25) is 0 Å². The lowest BCUT2D eigenvalue weighted by Crippen LogP contribution is -2.06. The number of hydrogen-bond acceptors (Lipinski definition) is 2. The number of rotatable bonds is 5. The fourth-order valence-electron chi connectivity index (χ4n) is 1.73. The fraction of sp³-hybridized carbons (Fsp3) is 0.0625. The maximum atomic E-state index is 13.4. The second kappa shape index (κ2) is 6.74. The number of allylic oxidation sites excluding steroid dienone is 1. The van der Waals surface area contributed by atoms with Gasteiger partial charge in [0.1, 0.15) is 11.6 Å². The molecule has 0 atom stereocenters. The standard InChI is InChI=1S/C16H11F3O2/c17-13-7-3-1-5-11(13)9-10-14(20)12-6-2-4-8-15(12)21-16(18)19/h1-10,16H/b10-9+. The molecule has 0 aliphatic rings. The van der Waals surface area contributed by atoms with Crippen molar-refractivity contribution in [2.75, 3.05) is 0 Å². The Kier molecular flexibility index (Phi) is 4.77. The maximum absolute atomic E-state index is 13.4. The molecular formula is C16H11F3O2. The SMILES string of the molecule is O=C(/C=C/c1ccccc1F)c1ccccc1OC(F)F. The molecule has 0 fully saturated rings. The third-order valence-corrected chi connectivity index (χ3v) is 2.69. The van der Waals surface area contributed by atoms with E-state index in [4.69, 9.17) is 0 Å². The lowest BCUT2D eigenvalue weighted by molar-refractivity contribution is -0.0501. The van der Waals surface area contributed by atoms with Crippen molar-refractivity contribution in [3.63, 3.8) is 0 Å². The summed E-state index contributed by atoms with van der Waals surface area (Å²) >= 11 is 0. The highest BCUT2D eigenvalue weighted by atomic mass is 19.3. The molecule has 5 heteroatoms. The van der Waals surface area contributed by atoms with Crippen molar-refractivity contribution in [1.29, 1.82) is 0 Å². The highest BCUT2D eigenvalue weighted by molar-refractivity contribution is 6.08. The molecule has 2 nitrogen and oxygen atoms in total. The van der Waals surface area contributed by atoms with Gasteiger partial charge in [-0.3, -0.25) is 4.79 Å². The molecule has 2 aromatic carbocycles. The zero-order valence-corrected chi connectivity index (χ0v) is 10.8. The zero-order chi connectivity index (χ0) is 15.2. The van der Waals surface area contributed by atoms with E-state index in [2.05, 4.69) is 4.74 Å². The van der Waals surface area contributed by atoms with E-state index in [1.807, 2.05) is 0 Å². The Balaban J connectivity index is 2.23. The number of alkyl halides is 2. The number of benzene rings is 2. The molecule has 21 heavy (non-hydrogen) atoms. The van der Waals surface area contributed by atoms with E-state index >= 15 is 0 Å². The normalized spacial score (nSPS) is 11.0. The third-order valence-electron chi connectivity index (χ3n) is 2.69. The van der Waals surface area contributed by atoms with Crippen molar-refractivity contribution in [3.05, 3.63) is 71.6 Å². The monoisotopic (exact) mass is 292 g/mol. The van der Waals surface area contributed by atoms with Crippen molar-refractivity contribution >= 4 is 11.9 Å². The van der Waals surface area contributed by atoms with Crippen LogP contribution >= 0.6 is 0 Å². The number of halogens is 3. The fourth-order valence-corrected chi connectivity index (χ4v) is 1.73. The van der Waals surface area contributed by atoms with Gasteiger partial charge in [-0.05, 0) is 30.4 Å². The second-order valence-corrected chi connectivity index (χ2v) is 4.09. The van der Waals surface area contributed by atoms with Gasteiger partial charge in [0.25, 0.3) is 0 Å². The molecule has 0 saturated heterocycles. The van der Waals surface area contributed by atoms with E-state index in [0.29, 0.717) is 0 Å². The van der Waals surface area contributed by atoms with Crippen LogP contribution in [-0.2, 0) is 0 Å². The van der Waals surface area contributed by atoms with E-state index in [9.17, 15) is 18.0 Å². The number of ketones is 1. The smallest absolute Gasteiger partial charge is 0.387 e. The molecule has 0 aromatic heterocycles. The van der Waals surface area contributed by atoms with Crippen LogP contribution in [-0.4, -0.2) is 12.4 Å². The molecule has 2 aromatic rings. The molecule has 0 spiro atoms. The van der Waals surface area contributed by atoms with Gasteiger partial charge in [-0.1, -0.05) is 30.3 Å². The molecule has 0 bridgehead atoms. The van der Waals surface area contributed by atoms with E-state index in [0.717, 1.165) is 6.08 Å². The second-order valence-electron chi connectivity index (χ2n) is 4.09. The highest BCUT2D eigenvalue weighted by Crippen LogP contribution is 2.21. The zero-order valence-electron chi connectivity index (χ0n) is 10.8. The van der Waals surface area contributed by atoms with Gasteiger partial charge in [0.15, 0.2) is 5.78 Å². The molecule has 0 saturated carbocycles. The topological polar surface area (TPSA) is 26.3 Å². The van der Waals surface area contributed by atoms with Gasteiger partial charge in [-0.2, -0.15) is 8.78 Å². The Morgan fingerprint density at radius 3 is 2.43 bits per heavy atom. The number of ether oxygens (including phenoxy) is 1. The maximum Gasteiger partial charge on any atom is 0.387 e. The van der Waals surface area contributed by atoms with Crippen LogP contribution in [0.5, 0.6) is 5.75 Å². The first-order chi connectivity index (χ1) is 10.1. The minimum atomic E-state index is -3.02. The number of carbonyl (C=O) groups excluding carboxylic acids is 1. The van der Waals surface area contributed by atoms with Gasteiger partial charge in [-0.15, -0.1) is 0 Å². The Hall–Kier alpha value is -2.56. The summed E-state index contributed by atoms with van der Waals surface area (Å²) < 4.78 is 42.2. The summed E-state index contributed by atoms with van der Waals surface area (Å²) in [5.74, 6) is -1.23. The summed E-state index contributed by atoms with van der Waals surface area (Å²) in [7, 11) is 0. The van der Waals surface area contributed by atoms with E-state index < -0.39 is 18.2 Å². The third kappa shape index (κ3) is 3.95. The summed E-state index contributed by atoms with van der Waals surface area (Å²) in [5, 5.41) is 0. The van der Waals surface area contributed by atoms with Crippen LogP contribution in [0, 0.1) is 5.82 Å². The molecular weight excluding hydrogens is 281 g/mol. The predicted octanol–water partition coefficient (Wildman–Crippen LogP) is 4.32. The van der Waals surface area contributed by atoms with Crippen LogP contribution in [0.25, 0.3) is 6.08 Å². The van der Waals surface area contributed by atoms with Gasteiger partial charge in [0, 0.05) is 5.56 Å². The first kappa shape index (κ1) is 14.8. The molecule has 0 N–H and O–H groups in total. The average Bonchev–Trinajstić information content (AvgIpc) is 2.46. The van der Waals surface area contributed by atoms with E-state index in [-0.39, 0.29) is 16.9 Å². The van der Waals surface area contributed by atoms with Crippen LogP contribution in [0.1, 0.15) is 15.9 Å². The van der Waals surface area contributed by atoms with Crippen LogP contribution in [0.4, 0.5) is 13.2 Å².